The Morgan fingerprint density at radius 3 is 2.56 bits per heavy atom. The lowest BCUT2D eigenvalue weighted by Crippen LogP contribution is -2.28. The molecule has 3 nitrogen and oxygen atoms in total. The molecule has 0 saturated heterocycles. The van der Waals surface area contributed by atoms with Gasteiger partial charge >= 0.3 is 0 Å². The fourth-order valence-corrected chi connectivity index (χ4v) is 1.71. The number of hydrogen-bond acceptors (Lipinski definition) is 3. The lowest BCUT2D eigenvalue weighted by molar-refractivity contribution is 0.121. The third kappa shape index (κ3) is 2.64. The van der Waals surface area contributed by atoms with E-state index in [4.69, 9.17) is 5.73 Å². The van der Waals surface area contributed by atoms with Gasteiger partial charge in [-0.15, -0.1) is 12.4 Å². The highest BCUT2D eigenvalue weighted by Crippen LogP contribution is 2.38. The predicted molar refractivity (Wildman–Crippen MR) is 61.0 cm³/mol. The second-order valence-electron chi connectivity index (χ2n) is 4.06. The van der Waals surface area contributed by atoms with Crippen LogP contribution < -0.4 is 5.73 Å². The van der Waals surface area contributed by atoms with Crippen LogP contribution in [-0.4, -0.2) is 16.3 Å². The third-order valence-electron chi connectivity index (χ3n) is 2.82. The SMILES string of the molecule is Cl.N[C@H](c1cc(F)ccc1O)[C@@H](O)C1CC1. The molecular weight excluding hydrogens is 233 g/mol. The lowest BCUT2D eigenvalue weighted by atomic mass is 9.98. The second-order valence-corrected chi connectivity index (χ2v) is 4.06. The summed E-state index contributed by atoms with van der Waals surface area (Å²) in [6.07, 6.45) is 1.20. The number of aliphatic hydroxyl groups excluding tert-OH is 1. The molecule has 0 aliphatic heterocycles. The van der Waals surface area contributed by atoms with E-state index in [1.165, 1.54) is 12.1 Å². The minimum Gasteiger partial charge on any atom is -0.508 e. The van der Waals surface area contributed by atoms with Crippen LogP contribution >= 0.6 is 12.4 Å². The smallest absolute Gasteiger partial charge is 0.123 e. The molecule has 2 atom stereocenters. The largest absolute Gasteiger partial charge is 0.508 e. The predicted octanol–water partition coefficient (Wildman–Crippen LogP) is 1.72. The van der Waals surface area contributed by atoms with E-state index in [1.807, 2.05) is 0 Å². The molecule has 0 unspecified atom stereocenters. The second kappa shape index (κ2) is 4.99. The molecule has 1 fully saturated rings. The highest BCUT2D eigenvalue weighted by Gasteiger charge is 2.35. The van der Waals surface area contributed by atoms with E-state index in [2.05, 4.69) is 0 Å². The zero-order chi connectivity index (χ0) is 11.0. The van der Waals surface area contributed by atoms with Gasteiger partial charge in [-0.05, 0) is 37.0 Å². The Hall–Kier alpha value is -0.840. The first-order valence-electron chi connectivity index (χ1n) is 5.01. The van der Waals surface area contributed by atoms with Gasteiger partial charge in [-0.3, -0.25) is 0 Å². The maximum atomic E-state index is 12.9. The molecule has 1 aromatic rings. The molecule has 1 aliphatic rings. The number of hydrogen-bond donors (Lipinski definition) is 3. The van der Waals surface area contributed by atoms with E-state index >= 15 is 0 Å². The summed E-state index contributed by atoms with van der Waals surface area (Å²) in [5, 5.41) is 19.3. The minimum absolute atomic E-state index is 0. The van der Waals surface area contributed by atoms with Crippen LogP contribution in [0.15, 0.2) is 18.2 Å². The zero-order valence-electron chi connectivity index (χ0n) is 8.64. The van der Waals surface area contributed by atoms with Crippen molar-refractivity contribution in [1.29, 1.82) is 0 Å². The molecule has 0 heterocycles. The van der Waals surface area contributed by atoms with Crippen molar-refractivity contribution in [2.45, 2.75) is 25.0 Å². The van der Waals surface area contributed by atoms with Crippen molar-refractivity contribution in [1.82, 2.24) is 0 Å². The van der Waals surface area contributed by atoms with Gasteiger partial charge < -0.3 is 15.9 Å². The number of rotatable bonds is 3. The van der Waals surface area contributed by atoms with Crippen LogP contribution in [0.1, 0.15) is 24.4 Å². The maximum absolute atomic E-state index is 12.9. The third-order valence-corrected chi connectivity index (χ3v) is 2.82. The number of benzene rings is 1. The van der Waals surface area contributed by atoms with Gasteiger partial charge in [0.15, 0.2) is 0 Å². The van der Waals surface area contributed by atoms with Gasteiger partial charge in [-0.2, -0.15) is 0 Å². The van der Waals surface area contributed by atoms with Crippen molar-refractivity contribution in [2.75, 3.05) is 0 Å². The van der Waals surface area contributed by atoms with Crippen LogP contribution in [0.2, 0.25) is 0 Å². The van der Waals surface area contributed by atoms with Crippen molar-refractivity contribution >= 4 is 12.4 Å². The first-order valence-corrected chi connectivity index (χ1v) is 5.01. The zero-order valence-corrected chi connectivity index (χ0v) is 9.45. The van der Waals surface area contributed by atoms with Crippen molar-refractivity contribution in [3.8, 4) is 5.75 Å². The van der Waals surface area contributed by atoms with E-state index in [0.29, 0.717) is 0 Å². The maximum Gasteiger partial charge on any atom is 0.123 e. The molecule has 0 radical (unpaired) electrons. The molecule has 0 spiro atoms. The number of aromatic hydroxyl groups is 1. The molecule has 4 N–H and O–H groups in total. The van der Waals surface area contributed by atoms with Gasteiger partial charge in [-0.1, -0.05) is 0 Å². The van der Waals surface area contributed by atoms with Gasteiger partial charge in [0.1, 0.15) is 11.6 Å². The Labute approximate surface area is 99.5 Å². The molecular formula is C11H15ClFNO2. The molecule has 90 valence electrons. The number of phenols is 1. The van der Waals surface area contributed by atoms with E-state index in [9.17, 15) is 14.6 Å². The minimum atomic E-state index is -0.715. The first-order chi connectivity index (χ1) is 7.09. The molecule has 1 saturated carbocycles. The summed E-state index contributed by atoms with van der Waals surface area (Å²) in [4.78, 5) is 0. The Morgan fingerprint density at radius 2 is 2.00 bits per heavy atom. The van der Waals surface area contributed by atoms with Crippen LogP contribution in [0, 0.1) is 11.7 Å². The van der Waals surface area contributed by atoms with Crippen LogP contribution in [0.5, 0.6) is 5.75 Å². The molecule has 0 amide bonds. The van der Waals surface area contributed by atoms with E-state index < -0.39 is 18.0 Å². The van der Waals surface area contributed by atoms with E-state index in [-0.39, 0.29) is 29.6 Å². The first kappa shape index (κ1) is 13.2. The molecule has 5 heteroatoms. The highest BCUT2D eigenvalue weighted by atomic mass is 35.5. The van der Waals surface area contributed by atoms with Crippen LogP contribution in [0.3, 0.4) is 0 Å². The molecule has 1 aromatic carbocycles. The van der Waals surface area contributed by atoms with Crippen molar-refractivity contribution in [2.24, 2.45) is 11.7 Å². The van der Waals surface area contributed by atoms with Gasteiger partial charge in [0, 0.05) is 5.56 Å². The summed E-state index contributed by atoms with van der Waals surface area (Å²) < 4.78 is 12.9. The summed E-state index contributed by atoms with van der Waals surface area (Å²) in [5.41, 5.74) is 6.05. The Kier molecular flexibility index (Phi) is 4.13. The summed E-state index contributed by atoms with van der Waals surface area (Å²) in [6.45, 7) is 0. The molecule has 16 heavy (non-hydrogen) atoms. The summed E-state index contributed by atoms with van der Waals surface area (Å²) >= 11 is 0. The fraction of sp³-hybridized carbons (Fsp3) is 0.455. The molecule has 1 aliphatic carbocycles. The normalized spacial score (nSPS) is 18.7. The number of aliphatic hydroxyl groups is 1. The van der Waals surface area contributed by atoms with E-state index in [0.717, 1.165) is 18.9 Å². The Balaban J connectivity index is 0.00000128. The topological polar surface area (TPSA) is 66.5 Å². The highest BCUT2D eigenvalue weighted by molar-refractivity contribution is 5.85. The Morgan fingerprint density at radius 1 is 1.38 bits per heavy atom. The lowest BCUT2D eigenvalue weighted by Gasteiger charge is -2.19. The van der Waals surface area contributed by atoms with Crippen LogP contribution in [0.4, 0.5) is 4.39 Å². The molecule has 0 bridgehead atoms. The van der Waals surface area contributed by atoms with Crippen molar-refractivity contribution in [3.63, 3.8) is 0 Å². The van der Waals surface area contributed by atoms with E-state index in [1.54, 1.807) is 0 Å². The van der Waals surface area contributed by atoms with Gasteiger partial charge in [0.2, 0.25) is 0 Å². The number of nitrogens with two attached hydrogens (primary N) is 1. The van der Waals surface area contributed by atoms with Gasteiger partial charge in [0.25, 0.3) is 0 Å². The molecule has 0 aromatic heterocycles. The molecule has 2 rings (SSSR count). The van der Waals surface area contributed by atoms with Gasteiger partial charge in [-0.25, -0.2) is 4.39 Å². The fourth-order valence-electron chi connectivity index (χ4n) is 1.71. The summed E-state index contributed by atoms with van der Waals surface area (Å²) in [5.74, 6) is -0.326. The monoisotopic (exact) mass is 247 g/mol. The summed E-state index contributed by atoms with van der Waals surface area (Å²) in [7, 11) is 0. The van der Waals surface area contributed by atoms with Gasteiger partial charge in [0.05, 0.1) is 12.1 Å². The quantitative estimate of drug-likeness (QED) is 0.762. The van der Waals surface area contributed by atoms with Crippen LogP contribution in [-0.2, 0) is 0 Å². The average Bonchev–Trinajstić information content (AvgIpc) is 3.03. The summed E-state index contributed by atoms with van der Waals surface area (Å²) in [6, 6.07) is 2.87. The number of halogens is 2. The van der Waals surface area contributed by atoms with Crippen LogP contribution in [0.25, 0.3) is 0 Å². The standard InChI is InChI=1S/C11H14FNO2.ClH/c12-7-3-4-9(14)8(5-7)10(13)11(15)6-1-2-6;/h3-6,10-11,14-15H,1-2,13H2;1H/t10-,11+;/m1./s1. The Bertz CT molecular complexity index is 371. The van der Waals surface area contributed by atoms with Crippen molar-refractivity contribution < 1.29 is 14.6 Å². The average molecular weight is 248 g/mol. The van der Waals surface area contributed by atoms with Crippen molar-refractivity contribution in [3.05, 3.63) is 29.6 Å². The number of phenolic OH excluding ortho intramolecular Hbond substituents is 1.